The summed E-state index contributed by atoms with van der Waals surface area (Å²) in [5, 5.41) is 25.7. The molecule has 0 atom stereocenters. The summed E-state index contributed by atoms with van der Waals surface area (Å²) in [6.07, 6.45) is -1.02. The van der Waals surface area contributed by atoms with Crippen LogP contribution in [0.2, 0.25) is 0 Å². The second-order valence-electron chi connectivity index (χ2n) is 2.70. The molecule has 10 heteroatoms. The minimum atomic E-state index is -2.42. The predicted molar refractivity (Wildman–Crippen MR) is 45.2 cm³/mol. The normalized spacial score (nSPS) is 9.00. The SMILES string of the molecule is COCC(CC(=O)O)(C(=O)O)C(=O)O.[H-].[H-].[H-].[Na+].[Na+].[Na+]. The van der Waals surface area contributed by atoms with Gasteiger partial charge in [0.15, 0.2) is 5.41 Å². The molecule has 0 radical (unpaired) electrons. The first-order valence-corrected chi connectivity index (χ1v) is 3.54. The summed E-state index contributed by atoms with van der Waals surface area (Å²) in [5.74, 6) is -4.96. The van der Waals surface area contributed by atoms with Crippen molar-refractivity contribution in [2.45, 2.75) is 6.42 Å². The Bertz CT molecular complexity index is 266. The Hall–Kier alpha value is 1.37. The molecule has 7 nitrogen and oxygen atoms in total. The van der Waals surface area contributed by atoms with Gasteiger partial charge >= 0.3 is 107 Å². The van der Waals surface area contributed by atoms with Crippen molar-refractivity contribution in [2.24, 2.45) is 5.41 Å². The summed E-state index contributed by atoms with van der Waals surface area (Å²) in [5.41, 5.74) is -2.42. The Morgan fingerprint density at radius 3 is 1.59 bits per heavy atom. The Morgan fingerprint density at radius 1 is 1.06 bits per heavy atom. The molecule has 0 aliphatic carbocycles. The minimum absolute atomic E-state index is 0. The van der Waals surface area contributed by atoms with E-state index in [0.29, 0.717) is 0 Å². The number of rotatable bonds is 6. The van der Waals surface area contributed by atoms with Crippen molar-refractivity contribution in [1.29, 1.82) is 0 Å². The van der Waals surface area contributed by atoms with E-state index in [1.54, 1.807) is 0 Å². The van der Waals surface area contributed by atoms with E-state index in [0.717, 1.165) is 7.11 Å². The van der Waals surface area contributed by atoms with Gasteiger partial charge in [-0.05, 0) is 0 Å². The average molecular weight is 278 g/mol. The molecule has 0 bridgehead atoms. The Morgan fingerprint density at radius 2 is 1.41 bits per heavy atom. The van der Waals surface area contributed by atoms with E-state index in [9.17, 15) is 14.4 Å². The van der Waals surface area contributed by atoms with Crippen LogP contribution in [0.4, 0.5) is 0 Å². The molecular weight excluding hydrogens is 265 g/mol. The van der Waals surface area contributed by atoms with E-state index >= 15 is 0 Å². The second-order valence-corrected chi connectivity index (χ2v) is 2.70. The third kappa shape index (κ3) is 8.20. The summed E-state index contributed by atoms with van der Waals surface area (Å²) in [7, 11) is 1.10. The fourth-order valence-corrected chi connectivity index (χ4v) is 0.922. The molecule has 3 N–H and O–H groups in total. The fraction of sp³-hybridized carbons (Fsp3) is 0.571. The van der Waals surface area contributed by atoms with Crippen LogP contribution in [-0.4, -0.2) is 46.9 Å². The summed E-state index contributed by atoms with van der Waals surface area (Å²) < 4.78 is 4.41. The van der Waals surface area contributed by atoms with Crippen molar-refractivity contribution in [1.82, 2.24) is 0 Å². The molecule has 0 amide bonds. The van der Waals surface area contributed by atoms with Gasteiger partial charge in [0.05, 0.1) is 13.0 Å². The predicted octanol–water partition coefficient (Wildman–Crippen LogP) is -9.39. The van der Waals surface area contributed by atoms with Gasteiger partial charge < -0.3 is 24.3 Å². The van der Waals surface area contributed by atoms with Crippen molar-refractivity contribution in [3.8, 4) is 0 Å². The molecule has 0 saturated carbocycles. The largest absolute Gasteiger partial charge is 1.00 e. The van der Waals surface area contributed by atoms with Crippen molar-refractivity contribution < 1.29 is 127 Å². The van der Waals surface area contributed by atoms with E-state index in [1.807, 2.05) is 0 Å². The quantitative estimate of drug-likeness (QED) is 0.326. The minimum Gasteiger partial charge on any atom is -1.00 e. The van der Waals surface area contributed by atoms with Crippen LogP contribution in [0.1, 0.15) is 10.7 Å². The maximum absolute atomic E-state index is 10.7. The number of carbonyl (C=O) groups is 3. The first-order valence-electron chi connectivity index (χ1n) is 3.54. The van der Waals surface area contributed by atoms with Crippen molar-refractivity contribution in [3.63, 3.8) is 0 Å². The molecule has 0 aliphatic heterocycles. The molecular formula is C7H13Na3O7. The van der Waals surface area contributed by atoms with Crippen LogP contribution < -0.4 is 88.7 Å². The smallest absolute Gasteiger partial charge is 1.00 e. The molecule has 0 aromatic heterocycles. The molecule has 0 aromatic carbocycles. The third-order valence-electron chi connectivity index (χ3n) is 1.66. The summed E-state index contributed by atoms with van der Waals surface area (Å²) in [6.45, 7) is -0.691. The van der Waals surface area contributed by atoms with Gasteiger partial charge in [0, 0.05) is 7.11 Å². The Kier molecular flexibility index (Phi) is 19.6. The first kappa shape index (κ1) is 26.8. The number of carboxylic acids is 3. The molecule has 0 saturated heterocycles. The van der Waals surface area contributed by atoms with Gasteiger partial charge in [-0.25, -0.2) is 0 Å². The number of hydrogen-bond acceptors (Lipinski definition) is 4. The van der Waals surface area contributed by atoms with Crippen LogP contribution in [0.3, 0.4) is 0 Å². The zero-order valence-corrected chi connectivity index (χ0v) is 16.4. The maximum Gasteiger partial charge on any atom is 1.00 e. The molecule has 0 aromatic rings. The van der Waals surface area contributed by atoms with E-state index < -0.39 is 36.4 Å². The van der Waals surface area contributed by atoms with E-state index in [4.69, 9.17) is 15.3 Å². The maximum atomic E-state index is 10.7. The summed E-state index contributed by atoms with van der Waals surface area (Å²) in [4.78, 5) is 31.6. The monoisotopic (exact) mass is 278 g/mol. The van der Waals surface area contributed by atoms with Gasteiger partial charge in [0.2, 0.25) is 0 Å². The van der Waals surface area contributed by atoms with Gasteiger partial charge in [-0.15, -0.1) is 0 Å². The standard InChI is InChI=1S/C7H10O7.3Na.3H/c1-14-3-7(5(10)11,6(12)13)2-4(8)9;;;;;;/h2-3H2,1H3,(H,8,9)(H,10,11)(H,12,13);;;;;;/q;3*+1;3*-1. The Labute approximate surface area is 169 Å². The van der Waals surface area contributed by atoms with Crippen LogP contribution in [0.15, 0.2) is 0 Å². The van der Waals surface area contributed by atoms with Gasteiger partial charge in [-0.2, -0.15) is 0 Å². The summed E-state index contributed by atoms with van der Waals surface area (Å²) in [6, 6.07) is 0. The van der Waals surface area contributed by atoms with Gasteiger partial charge in [-0.1, -0.05) is 0 Å². The third-order valence-corrected chi connectivity index (χ3v) is 1.66. The van der Waals surface area contributed by atoms with E-state index in [2.05, 4.69) is 4.74 Å². The number of aliphatic carboxylic acids is 3. The van der Waals surface area contributed by atoms with Crippen LogP contribution >= 0.6 is 0 Å². The molecule has 0 spiro atoms. The molecule has 0 fully saturated rings. The number of ether oxygens (including phenoxy) is 1. The van der Waals surface area contributed by atoms with Crippen LogP contribution in [0.5, 0.6) is 0 Å². The first-order chi connectivity index (χ1) is 6.36. The van der Waals surface area contributed by atoms with Crippen molar-refractivity contribution >= 4 is 17.9 Å². The van der Waals surface area contributed by atoms with Crippen molar-refractivity contribution in [2.75, 3.05) is 13.7 Å². The number of methoxy groups -OCH3 is 1. The molecule has 86 valence electrons. The zero-order valence-electron chi connectivity index (χ0n) is 13.4. The molecule has 0 unspecified atom stereocenters. The van der Waals surface area contributed by atoms with E-state index in [1.165, 1.54) is 0 Å². The summed E-state index contributed by atoms with van der Waals surface area (Å²) >= 11 is 0. The second kappa shape index (κ2) is 12.4. The number of carboxylic acid groups (broad SMARTS) is 3. The van der Waals surface area contributed by atoms with Crippen LogP contribution in [-0.2, 0) is 19.1 Å². The van der Waals surface area contributed by atoms with Gasteiger partial charge in [0.25, 0.3) is 0 Å². The van der Waals surface area contributed by atoms with Crippen LogP contribution in [0.25, 0.3) is 0 Å². The van der Waals surface area contributed by atoms with Gasteiger partial charge in [-0.3, -0.25) is 14.4 Å². The molecule has 0 heterocycles. The molecule has 17 heavy (non-hydrogen) atoms. The molecule has 0 rings (SSSR count). The van der Waals surface area contributed by atoms with E-state index in [-0.39, 0.29) is 93.0 Å². The molecule has 0 aliphatic rings. The zero-order chi connectivity index (χ0) is 11.4. The Balaban J connectivity index is -0.0000000563. The topological polar surface area (TPSA) is 121 Å². The fourth-order valence-electron chi connectivity index (χ4n) is 0.922. The van der Waals surface area contributed by atoms with Crippen LogP contribution in [0, 0.1) is 5.41 Å². The number of hydrogen-bond donors (Lipinski definition) is 3. The van der Waals surface area contributed by atoms with Crippen molar-refractivity contribution in [3.05, 3.63) is 0 Å². The van der Waals surface area contributed by atoms with Gasteiger partial charge in [0.1, 0.15) is 0 Å². The average Bonchev–Trinajstić information content (AvgIpc) is 2.01.